The molecule has 0 bridgehead atoms. The highest BCUT2D eigenvalue weighted by molar-refractivity contribution is 7.89. The number of anilines is 2. The second-order valence-electron chi connectivity index (χ2n) is 6.20. The summed E-state index contributed by atoms with van der Waals surface area (Å²) in [6.45, 7) is 4.28. The average Bonchev–Trinajstić information content (AvgIpc) is 2.68. The lowest BCUT2D eigenvalue weighted by Gasteiger charge is -2.35. The van der Waals surface area contributed by atoms with E-state index in [1.165, 1.54) is 40.7 Å². The third kappa shape index (κ3) is 4.20. The van der Waals surface area contributed by atoms with Crippen LogP contribution in [0.15, 0.2) is 60.0 Å². The summed E-state index contributed by atoms with van der Waals surface area (Å²) in [7, 11) is -3.72. The quantitative estimate of drug-likeness (QED) is 0.774. The van der Waals surface area contributed by atoms with Crippen molar-refractivity contribution < 1.29 is 22.0 Å². The fraction of sp³-hybridized carbons (Fsp3) is 0.211. The van der Waals surface area contributed by atoms with E-state index in [-0.39, 0.29) is 42.7 Å². The first-order valence-electron chi connectivity index (χ1n) is 8.55. The van der Waals surface area contributed by atoms with Crippen molar-refractivity contribution in [2.75, 3.05) is 36.4 Å². The molecule has 0 spiro atoms. The molecule has 0 aromatic heterocycles. The van der Waals surface area contributed by atoms with E-state index in [9.17, 15) is 22.0 Å². The monoisotopic (exact) mass is 407 g/mol. The van der Waals surface area contributed by atoms with Gasteiger partial charge in [0.25, 0.3) is 0 Å². The van der Waals surface area contributed by atoms with Crippen LogP contribution in [0.3, 0.4) is 0 Å². The van der Waals surface area contributed by atoms with E-state index in [1.54, 1.807) is 4.90 Å². The number of hydrogen-bond donors (Lipinski definition) is 1. The summed E-state index contributed by atoms with van der Waals surface area (Å²) in [6, 6.07) is 9.17. The van der Waals surface area contributed by atoms with Crippen molar-refractivity contribution in [1.82, 2.24) is 4.31 Å². The number of nitrogens with one attached hydrogen (secondary N) is 1. The Bertz CT molecular complexity index is 986. The van der Waals surface area contributed by atoms with Crippen LogP contribution in [0.1, 0.15) is 0 Å². The van der Waals surface area contributed by atoms with Gasteiger partial charge in [-0.25, -0.2) is 17.2 Å². The standard InChI is InChI=1S/C19H19F2N3O3S/c1-2-19(25)22-15-4-6-16(7-5-15)28(26,27)24-11-9-23(10-12-24)18-8-3-14(20)13-17(18)21/h2-8,13H,1,9-12H2,(H,22,25). The van der Waals surface area contributed by atoms with Crippen LogP contribution in [0, 0.1) is 11.6 Å². The molecule has 1 amide bonds. The van der Waals surface area contributed by atoms with E-state index in [2.05, 4.69) is 11.9 Å². The Morgan fingerprint density at radius 3 is 2.25 bits per heavy atom. The molecule has 3 rings (SSSR count). The number of benzene rings is 2. The van der Waals surface area contributed by atoms with Gasteiger partial charge in [-0.1, -0.05) is 6.58 Å². The zero-order chi connectivity index (χ0) is 20.3. The number of carbonyl (C=O) groups excluding carboxylic acids is 1. The van der Waals surface area contributed by atoms with Gasteiger partial charge in [-0.2, -0.15) is 4.31 Å². The fourth-order valence-corrected chi connectivity index (χ4v) is 4.38. The van der Waals surface area contributed by atoms with Crippen LogP contribution in [0.5, 0.6) is 0 Å². The summed E-state index contributed by atoms with van der Waals surface area (Å²) in [6.07, 6.45) is 1.12. The van der Waals surface area contributed by atoms with Gasteiger partial charge in [-0.05, 0) is 42.5 Å². The Morgan fingerprint density at radius 2 is 1.68 bits per heavy atom. The number of carbonyl (C=O) groups is 1. The van der Waals surface area contributed by atoms with Crippen molar-refractivity contribution in [3.05, 3.63) is 66.8 Å². The smallest absolute Gasteiger partial charge is 0.247 e. The number of amides is 1. The summed E-state index contributed by atoms with van der Waals surface area (Å²) >= 11 is 0. The van der Waals surface area contributed by atoms with Crippen LogP contribution >= 0.6 is 0 Å². The number of rotatable bonds is 5. The topological polar surface area (TPSA) is 69.7 Å². The van der Waals surface area contributed by atoms with Gasteiger partial charge >= 0.3 is 0 Å². The molecule has 1 aliphatic rings. The Balaban J connectivity index is 1.69. The Kier molecular flexibility index (Phi) is 5.76. The molecule has 2 aromatic carbocycles. The van der Waals surface area contributed by atoms with Crippen molar-refractivity contribution in [3.8, 4) is 0 Å². The van der Waals surface area contributed by atoms with Crippen LogP contribution < -0.4 is 10.2 Å². The minimum atomic E-state index is -3.72. The first-order valence-corrected chi connectivity index (χ1v) is 9.99. The van der Waals surface area contributed by atoms with Gasteiger partial charge in [-0.3, -0.25) is 4.79 Å². The normalized spacial score (nSPS) is 15.3. The van der Waals surface area contributed by atoms with Crippen molar-refractivity contribution in [2.24, 2.45) is 0 Å². The molecule has 1 heterocycles. The number of hydrogen-bond acceptors (Lipinski definition) is 4. The third-order valence-corrected chi connectivity index (χ3v) is 6.35. The van der Waals surface area contributed by atoms with E-state index in [4.69, 9.17) is 0 Å². The molecular weight excluding hydrogens is 388 g/mol. The maximum atomic E-state index is 13.9. The summed E-state index contributed by atoms with van der Waals surface area (Å²) in [4.78, 5) is 13.1. The molecule has 0 atom stereocenters. The van der Waals surface area contributed by atoms with Gasteiger partial charge in [0.15, 0.2) is 0 Å². The third-order valence-electron chi connectivity index (χ3n) is 4.43. The van der Waals surface area contributed by atoms with Crippen LogP contribution in [0.25, 0.3) is 0 Å². The lowest BCUT2D eigenvalue weighted by molar-refractivity contribution is -0.111. The van der Waals surface area contributed by atoms with E-state index < -0.39 is 21.7 Å². The van der Waals surface area contributed by atoms with E-state index in [0.717, 1.165) is 12.1 Å². The van der Waals surface area contributed by atoms with Gasteiger partial charge in [-0.15, -0.1) is 0 Å². The van der Waals surface area contributed by atoms with Crippen LogP contribution in [-0.4, -0.2) is 44.8 Å². The predicted molar refractivity (Wildman–Crippen MR) is 103 cm³/mol. The fourth-order valence-electron chi connectivity index (χ4n) is 2.96. The molecule has 6 nitrogen and oxygen atoms in total. The Morgan fingerprint density at radius 1 is 1.04 bits per heavy atom. The summed E-state index contributed by atoms with van der Waals surface area (Å²) in [5, 5.41) is 2.55. The SMILES string of the molecule is C=CC(=O)Nc1ccc(S(=O)(=O)N2CCN(c3ccc(F)cc3F)CC2)cc1. The molecule has 148 valence electrons. The molecule has 9 heteroatoms. The molecule has 0 unspecified atom stereocenters. The lowest BCUT2D eigenvalue weighted by atomic mass is 10.2. The maximum Gasteiger partial charge on any atom is 0.247 e. The molecule has 0 radical (unpaired) electrons. The molecule has 1 saturated heterocycles. The number of piperazine rings is 1. The van der Waals surface area contributed by atoms with E-state index in [1.807, 2.05) is 0 Å². The minimum absolute atomic E-state index is 0.102. The highest BCUT2D eigenvalue weighted by atomic mass is 32.2. The van der Waals surface area contributed by atoms with Crippen molar-refractivity contribution >= 4 is 27.3 Å². The molecule has 1 fully saturated rings. The Hall–Kier alpha value is -2.78. The molecule has 28 heavy (non-hydrogen) atoms. The number of halogens is 2. The number of sulfonamides is 1. The zero-order valence-electron chi connectivity index (χ0n) is 14.9. The maximum absolute atomic E-state index is 13.9. The zero-order valence-corrected chi connectivity index (χ0v) is 15.8. The van der Waals surface area contributed by atoms with Crippen LogP contribution in [0.4, 0.5) is 20.2 Å². The summed E-state index contributed by atoms with van der Waals surface area (Å²) in [5.74, 6) is -1.72. The highest BCUT2D eigenvalue weighted by Crippen LogP contribution is 2.24. The molecule has 1 aliphatic heterocycles. The van der Waals surface area contributed by atoms with Crippen LogP contribution in [0.2, 0.25) is 0 Å². The Labute approximate surface area is 162 Å². The second-order valence-corrected chi connectivity index (χ2v) is 8.14. The first kappa shape index (κ1) is 20.0. The molecule has 2 aromatic rings. The van der Waals surface area contributed by atoms with Crippen molar-refractivity contribution in [2.45, 2.75) is 4.90 Å². The molecule has 1 N–H and O–H groups in total. The predicted octanol–water partition coefficient (Wildman–Crippen LogP) is 2.60. The van der Waals surface area contributed by atoms with Crippen molar-refractivity contribution in [3.63, 3.8) is 0 Å². The first-order chi connectivity index (χ1) is 13.3. The molecule has 0 aliphatic carbocycles. The van der Waals surface area contributed by atoms with Crippen molar-refractivity contribution in [1.29, 1.82) is 0 Å². The van der Waals surface area contributed by atoms with Gasteiger partial charge in [0.2, 0.25) is 15.9 Å². The van der Waals surface area contributed by atoms with Crippen LogP contribution in [-0.2, 0) is 14.8 Å². The van der Waals surface area contributed by atoms with Gasteiger partial charge in [0.1, 0.15) is 11.6 Å². The van der Waals surface area contributed by atoms with Gasteiger partial charge in [0, 0.05) is 37.9 Å². The summed E-state index contributed by atoms with van der Waals surface area (Å²) in [5.41, 5.74) is 0.709. The number of nitrogens with zero attached hydrogens (tertiary/aromatic N) is 2. The van der Waals surface area contributed by atoms with E-state index >= 15 is 0 Å². The van der Waals surface area contributed by atoms with Gasteiger partial charge < -0.3 is 10.2 Å². The second kappa shape index (κ2) is 8.07. The summed E-state index contributed by atoms with van der Waals surface area (Å²) < 4.78 is 53.9. The lowest BCUT2D eigenvalue weighted by Crippen LogP contribution is -2.48. The molecular formula is C19H19F2N3O3S. The average molecular weight is 407 g/mol. The molecule has 0 saturated carbocycles. The largest absolute Gasteiger partial charge is 0.367 e. The minimum Gasteiger partial charge on any atom is -0.367 e. The van der Waals surface area contributed by atoms with Gasteiger partial charge in [0.05, 0.1) is 10.6 Å². The highest BCUT2D eigenvalue weighted by Gasteiger charge is 2.29. The van der Waals surface area contributed by atoms with E-state index in [0.29, 0.717) is 5.69 Å².